The highest BCUT2D eigenvalue weighted by Crippen LogP contribution is 2.18. The smallest absolute Gasteiger partial charge is 0.322 e. The van der Waals surface area contributed by atoms with Crippen molar-refractivity contribution in [1.82, 2.24) is 14.4 Å². The molecule has 3 aromatic rings. The molecular formula is C32H45ClN4O. The number of hydrogen-bond donors (Lipinski definition) is 1. The fourth-order valence-corrected chi connectivity index (χ4v) is 4.90. The molecule has 38 heavy (non-hydrogen) atoms. The second-order valence-electron chi connectivity index (χ2n) is 11.3. The lowest BCUT2D eigenvalue weighted by molar-refractivity contribution is 0.188. The van der Waals surface area contributed by atoms with Gasteiger partial charge in [0.2, 0.25) is 0 Å². The maximum Gasteiger partial charge on any atom is 0.322 e. The fraction of sp³-hybridized carbons (Fsp3) is 0.469. The second kappa shape index (κ2) is 14.4. The summed E-state index contributed by atoms with van der Waals surface area (Å²) in [4.78, 5) is 18.0. The number of nitrogens with one attached hydrogen (secondary N) is 1. The van der Waals surface area contributed by atoms with Gasteiger partial charge in [0.1, 0.15) is 0 Å². The van der Waals surface area contributed by atoms with Gasteiger partial charge < -0.3 is 19.7 Å². The van der Waals surface area contributed by atoms with E-state index < -0.39 is 0 Å². The van der Waals surface area contributed by atoms with Gasteiger partial charge in [0.15, 0.2) is 0 Å². The minimum atomic E-state index is -0.0632. The number of nitrogens with zero attached hydrogens (tertiary/aromatic N) is 3. The van der Waals surface area contributed by atoms with E-state index in [0.717, 1.165) is 49.0 Å². The van der Waals surface area contributed by atoms with Crippen LogP contribution >= 0.6 is 11.6 Å². The molecule has 2 amide bonds. The molecule has 0 unspecified atom stereocenters. The number of halogens is 1. The molecule has 3 rings (SSSR count). The van der Waals surface area contributed by atoms with Gasteiger partial charge in [-0.15, -0.1) is 0 Å². The van der Waals surface area contributed by atoms with Gasteiger partial charge in [0.05, 0.1) is 6.54 Å². The van der Waals surface area contributed by atoms with Crippen LogP contribution in [0.3, 0.4) is 0 Å². The number of hydrogen-bond acceptors (Lipinski definition) is 2. The summed E-state index contributed by atoms with van der Waals surface area (Å²) in [5.74, 6) is 1.24. The van der Waals surface area contributed by atoms with Crippen molar-refractivity contribution in [2.75, 3.05) is 31.5 Å². The van der Waals surface area contributed by atoms with Crippen molar-refractivity contribution in [1.29, 1.82) is 0 Å². The van der Waals surface area contributed by atoms with Crippen LogP contribution in [-0.4, -0.2) is 46.6 Å². The molecule has 2 aromatic carbocycles. The first-order valence-electron chi connectivity index (χ1n) is 13.8. The standard InChI is InChI=1S/C32H45ClN4O/c1-24(2)20-35(21-25(3)4)16-8-18-37(32(38)34-30-15-10-26(5)27(6)19-30)23-31-9-7-17-36(31)22-28-11-13-29(33)14-12-28/h7,9-15,17,19,24-25H,8,16,18,20-23H2,1-6H3,(H,34,38). The van der Waals surface area contributed by atoms with Crippen molar-refractivity contribution < 1.29 is 4.79 Å². The van der Waals surface area contributed by atoms with Crippen molar-refractivity contribution >= 4 is 23.3 Å². The van der Waals surface area contributed by atoms with Crippen LogP contribution in [0, 0.1) is 25.7 Å². The highest BCUT2D eigenvalue weighted by molar-refractivity contribution is 6.30. The fourth-order valence-electron chi connectivity index (χ4n) is 4.78. The first kappa shape index (κ1) is 29.8. The van der Waals surface area contributed by atoms with Crippen LogP contribution < -0.4 is 5.32 Å². The number of carbonyl (C=O) groups excluding carboxylic acids is 1. The lowest BCUT2D eigenvalue weighted by Crippen LogP contribution is -2.38. The molecule has 6 heteroatoms. The summed E-state index contributed by atoms with van der Waals surface area (Å²) in [6, 6.07) is 18.1. The number of aromatic nitrogens is 1. The molecule has 0 saturated carbocycles. The number of benzene rings is 2. The third kappa shape index (κ3) is 9.52. The summed E-state index contributed by atoms with van der Waals surface area (Å²) < 4.78 is 2.21. The average Bonchev–Trinajstić information content (AvgIpc) is 3.27. The molecule has 0 aliphatic heterocycles. The Bertz CT molecular complexity index is 1140. The van der Waals surface area contributed by atoms with Crippen molar-refractivity contribution in [3.63, 3.8) is 0 Å². The largest absolute Gasteiger partial charge is 0.345 e. The summed E-state index contributed by atoms with van der Waals surface area (Å²) in [5.41, 5.74) is 5.51. The van der Waals surface area contributed by atoms with E-state index >= 15 is 0 Å². The number of urea groups is 1. The number of carbonyl (C=O) groups is 1. The van der Waals surface area contributed by atoms with Crippen molar-refractivity contribution in [3.8, 4) is 0 Å². The quantitative estimate of drug-likeness (QED) is 0.241. The minimum absolute atomic E-state index is 0.0632. The van der Waals surface area contributed by atoms with Crippen molar-refractivity contribution in [2.45, 2.75) is 61.1 Å². The third-order valence-electron chi connectivity index (χ3n) is 6.74. The molecule has 0 aliphatic carbocycles. The third-order valence-corrected chi connectivity index (χ3v) is 6.99. The van der Waals surface area contributed by atoms with Gasteiger partial charge in [-0.2, -0.15) is 0 Å². The Balaban J connectivity index is 1.74. The van der Waals surface area contributed by atoms with E-state index in [2.05, 4.69) is 80.7 Å². The van der Waals surface area contributed by atoms with Gasteiger partial charge in [-0.05, 0) is 91.7 Å². The van der Waals surface area contributed by atoms with E-state index in [0.29, 0.717) is 24.9 Å². The van der Waals surface area contributed by atoms with Crippen LogP contribution in [0.25, 0.3) is 0 Å². The number of rotatable bonds is 13. The monoisotopic (exact) mass is 536 g/mol. The zero-order valence-corrected chi connectivity index (χ0v) is 24.8. The van der Waals surface area contributed by atoms with E-state index in [-0.39, 0.29) is 6.03 Å². The highest BCUT2D eigenvalue weighted by Gasteiger charge is 2.18. The van der Waals surface area contributed by atoms with Gasteiger partial charge in [-0.25, -0.2) is 4.79 Å². The number of aryl methyl sites for hydroxylation is 2. The van der Waals surface area contributed by atoms with E-state index in [4.69, 9.17) is 11.6 Å². The van der Waals surface area contributed by atoms with Crippen LogP contribution in [0.15, 0.2) is 60.8 Å². The Morgan fingerprint density at radius 3 is 2.24 bits per heavy atom. The molecule has 0 saturated heterocycles. The highest BCUT2D eigenvalue weighted by atomic mass is 35.5. The molecule has 0 fully saturated rings. The zero-order chi connectivity index (χ0) is 27.7. The van der Waals surface area contributed by atoms with E-state index in [1.165, 1.54) is 16.7 Å². The van der Waals surface area contributed by atoms with Gasteiger partial charge in [0, 0.05) is 48.8 Å². The van der Waals surface area contributed by atoms with Crippen molar-refractivity contribution in [3.05, 3.63) is 88.2 Å². The molecule has 1 N–H and O–H groups in total. The summed E-state index contributed by atoms with van der Waals surface area (Å²) in [6.45, 7) is 18.4. The first-order chi connectivity index (χ1) is 18.1. The first-order valence-corrected chi connectivity index (χ1v) is 14.2. The number of anilines is 1. The van der Waals surface area contributed by atoms with Gasteiger partial charge in [-0.3, -0.25) is 0 Å². The van der Waals surface area contributed by atoms with Crippen molar-refractivity contribution in [2.24, 2.45) is 11.8 Å². The Morgan fingerprint density at radius 2 is 1.61 bits per heavy atom. The Hall–Kier alpha value is -2.76. The van der Waals surface area contributed by atoms with Crippen LogP contribution in [0.1, 0.15) is 56.5 Å². The van der Waals surface area contributed by atoms with E-state index in [9.17, 15) is 4.79 Å². The Kier molecular flexibility index (Phi) is 11.3. The Labute approximate surface area is 234 Å². The van der Waals surface area contributed by atoms with Crippen LogP contribution in [0.5, 0.6) is 0 Å². The second-order valence-corrected chi connectivity index (χ2v) is 11.7. The Morgan fingerprint density at radius 1 is 0.921 bits per heavy atom. The average molecular weight is 537 g/mol. The molecule has 1 heterocycles. The lowest BCUT2D eigenvalue weighted by Gasteiger charge is -2.28. The molecule has 0 atom stereocenters. The van der Waals surface area contributed by atoms with Crippen LogP contribution in [0.4, 0.5) is 10.5 Å². The minimum Gasteiger partial charge on any atom is -0.345 e. The molecule has 0 aliphatic rings. The maximum absolute atomic E-state index is 13.6. The predicted octanol–water partition coefficient (Wildman–Crippen LogP) is 7.84. The summed E-state index contributed by atoms with van der Waals surface area (Å²) >= 11 is 6.08. The molecule has 5 nitrogen and oxygen atoms in total. The lowest BCUT2D eigenvalue weighted by atomic mass is 10.1. The maximum atomic E-state index is 13.6. The van der Waals surface area contributed by atoms with Gasteiger partial charge in [0.25, 0.3) is 0 Å². The normalized spacial score (nSPS) is 11.5. The van der Waals surface area contributed by atoms with Gasteiger partial charge >= 0.3 is 6.03 Å². The molecular weight excluding hydrogens is 492 g/mol. The summed E-state index contributed by atoms with van der Waals surface area (Å²) in [5, 5.41) is 3.89. The SMILES string of the molecule is Cc1ccc(NC(=O)N(CCCN(CC(C)C)CC(C)C)Cc2cccn2Cc2ccc(Cl)cc2)cc1C. The molecule has 1 aromatic heterocycles. The molecule has 0 radical (unpaired) electrons. The zero-order valence-electron chi connectivity index (χ0n) is 24.0. The van der Waals surface area contributed by atoms with E-state index in [1.807, 2.05) is 41.3 Å². The predicted molar refractivity (Wildman–Crippen MR) is 161 cm³/mol. The van der Waals surface area contributed by atoms with Gasteiger partial charge in [-0.1, -0.05) is 57.5 Å². The number of amides is 2. The topological polar surface area (TPSA) is 40.5 Å². The van der Waals surface area contributed by atoms with Crippen LogP contribution in [-0.2, 0) is 13.1 Å². The van der Waals surface area contributed by atoms with Crippen LogP contribution in [0.2, 0.25) is 5.02 Å². The summed E-state index contributed by atoms with van der Waals surface area (Å²) in [7, 11) is 0. The summed E-state index contributed by atoms with van der Waals surface area (Å²) in [6.07, 6.45) is 3.01. The molecule has 0 spiro atoms. The van der Waals surface area contributed by atoms with E-state index in [1.54, 1.807) is 0 Å². The molecule has 0 bridgehead atoms. The molecule has 206 valence electrons.